The zero-order valence-corrected chi connectivity index (χ0v) is 22.9. The van der Waals surface area contributed by atoms with Crippen LogP contribution in [0.1, 0.15) is 39.1 Å². The van der Waals surface area contributed by atoms with Crippen molar-refractivity contribution in [1.29, 1.82) is 0 Å². The number of nitrogens with one attached hydrogen (secondary N) is 2. The average molecular weight is 532 g/mol. The minimum atomic E-state index is -0.338. The van der Waals surface area contributed by atoms with Crippen molar-refractivity contribution in [1.82, 2.24) is 5.32 Å². The van der Waals surface area contributed by atoms with Crippen LogP contribution in [0, 0.1) is 5.92 Å². The number of anilines is 2. The second-order valence-corrected chi connectivity index (χ2v) is 9.62. The first kappa shape index (κ1) is 28.0. The number of carbonyl (C=O) groups excluding carboxylic acids is 2. The fourth-order valence-electron chi connectivity index (χ4n) is 4.94. The van der Waals surface area contributed by atoms with E-state index in [4.69, 9.17) is 14.2 Å². The molecule has 1 saturated heterocycles. The van der Waals surface area contributed by atoms with Crippen molar-refractivity contribution in [2.75, 3.05) is 57.8 Å². The van der Waals surface area contributed by atoms with Gasteiger partial charge < -0.3 is 29.7 Å². The summed E-state index contributed by atoms with van der Waals surface area (Å²) in [6.45, 7) is 2.54. The molecule has 0 atom stereocenters. The Kier molecular flexibility index (Phi) is 9.80. The Bertz CT molecular complexity index is 1260. The van der Waals surface area contributed by atoms with E-state index >= 15 is 0 Å². The number of nitrogens with zero attached hydrogens (tertiary/aromatic N) is 1. The lowest BCUT2D eigenvalue weighted by molar-refractivity contribution is 0.0936. The van der Waals surface area contributed by atoms with Crippen molar-refractivity contribution in [2.24, 2.45) is 5.92 Å². The van der Waals surface area contributed by atoms with Crippen LogP contribution in [-0.4, -0.2) is 59.4 Å². The predicted octanol–water partition coefficient (Wildman–Crippen LogP) is 4.79. The first-order chi connectivity index (χ1) is 19.0. The third kappa shape index (κ3) is 7.29. The molecule has 3 aromatic rings. The number of amides is 2. The molecular weight excluding hydrogens is 494 g/mol. The van der Waals surface area contributed by atoms with E-state index in [-0.39, 0.29) is 11.8 Å². The molecular formula is C31H37N3O5. The van der Waals surface area contributed by atoms with Gasteiger partial charge in [-0.25, -0.2) is 0 Å². The zero-order valence-electron chi connectivity index (χ0n) is 22.9. The maximum Gasteiger partial charge on any atom is 0.259 e. The molecule has 2 N–H and O–H groups in total. The van der Waals surface area contributed by atoms with Gasteiger partial charge in [0.15, 0.2) is 0 Å². The maximum absolute atomic E-state index is 13.2. The topological polar surface area (TPSA) is 89.1 Å². The predicted molar refractivity (Wildman–Crippen MR) is 153 cm³/mol. The zero-order chi connectivity index (χ0) is 27.6. The molecule has 206 valence electrons. The summed E-state index contributed by atoms with van der Waals surface area (Å²) in [7, 11) is 4.66. The lowest BCUT2D eigenvalue weighted by Gasteiger charge is -2.35. The van der Waals surface area contributed by atoms with Crippen LogP contribution in [0.2, 0.25) is 0 Å². The summed E-state index contributed by atoms with van der Waals surface area (Å²) < 4.78 is 15.7. The molecule has 8 nitrogen and oxygen atoms in total. The van der Waals surface area contributed by atoms with E-state index in [1.807, 2.05) is 18.2 Å². The van der Waals surface area contributed by atoms with Crippen LogP contribution in [0.4, 0.5) is 11.4 Å². The number of methoxy groups -OCH3 is 3. The molecule has 1 fully saturated rings. The van der Waals surface area contributed by atoms with Gasteiger partial charge in [0.25, 0.3) is 11.8 Å². The summed E-state index contributed by atoms with van der Waals surface area (Å²) in [4.78, 5) is 28.6. The van der Waals surface area contributed by atoms with Crippen LogP contribution in [0.15, 0.2) is 66.7 Å². The van der Waals surface area contributed by atoms with Crippen LogP contribution in [-0.2, 0) is 11.2 Å². The summed E-state index contributed by atoms with van der Waals surface area (Å²) in [5.74, 6) is 1.07. The standard InChI is InChI=1S/C31H37N3O5/c1-37-18-15-32-30(35)27-20-24(33-31(36)26-11-10-25(38-2)21-29(26)39-3)9-12-28(27)34-16-13-23(14-17-34)19-22-7-5-4-6-8-22/h4-12,20-21,23H,13-19H2,1-3H3,(H,32,35)(H,33,36). The molecule has 4 rings (SSSR count). The van der Waals surface area contributed by atoms with Gasteiger partial charge in [0.05, 0.1) is 32.0 Å². The minimum Gasteiger partial charge on any atom is -0.497 e. The van der Waals surface area contributed by atoms with E-state index in [0.29, 0.717) is 47.4 Å². The second-order valence-electron chi connectivity index (χ2n) is 9.62. The fourth-order valence-corrected chi connectivity index (χ4v) is 4.94. The normalized spacial score (nSPS) is 13.6. The Labute approximate surface area is 230 Å². The Hall–Kier alpha value is -4.04. The number of piperidine rings is 1. The monoisotopic (exact) mass is 531 g/mol. The highest BCUT2D eigenvalue weighted by Crippen LogP contribution is 2.31. The SMILES string of the molecule is COCCNC(=O)c1cc(NC(=O)c2ccc(OC)cc2OC)ccc1N1CCC(Cc2ccccc2)CC1. The van der Waals surface area contributed by atoms with Crippen molar-refractivity contribution >= 4 is 23.2 Å². The summed E-state index contributed by atoms with van der Waals surface area (Å²) in [5, 5.41) is 5.84. The quantitative estimate of drug-likeness (QED) is 0.346. The second kappa shape index (κ2) is 13.7. The molecule has 3 aromatic carbocycles. The van der Waals surface area contributed by atoms with Gasteiger partial charge in [0.1, 0.15) is 11.5 Å². The van der Waals surface area contributed by atoms with Gasteiger partial charge in [-0.3, -0.25) is 9.59 Å². The molecule has 0 aliphatic carbocycles. The number of carbonyl (C=O) groups is 2. The van der Waals surface area contributed by atoms with E-state index in [2.05, 4.69) is 39.8 Å². The van der Waals surface area contributed by atoms with Crippen LogP contribution >= 0.6 is 0 Å². The van der Waals surface area contributed by atoms with Crippen molar-refractivity contribution < 1.29 is 23.8 Å². The molecule has 0 unspecified atom stereocenters. The van der Waals surface area contributed by atoms with E-state index in [0.717, 1.165) is 38.0 Å². The van der Waals surface area contributed by atoms with E-state index < -0.39 is 0 Å². The maximum atomic E-state index is 13.2. The molecule has 2 amide bonds. The molecule has 8 heteroatoms. The first-order valence-electron chi connectivity index (χ1n) is 13.3. The largest absolute Gasteiger partial charge is 0.497 e. The van der Waals surface area contributed by atoms with E-state index in [9.17, 15) is 9.59 Å². The number of ether oxygens (including phenoxy) is 3. The van der Waals surface area contributed by atoms with Gasteiger partial charge in [-0.15, -0.1) is 0 Å². The molecule has 0 spiro atoms. The number of hydrogen-bond acceptors (Lipinski definition) is 6. The Balaban J connectivity index is 1.51. The van der Waals surface area contributed by atoms with Gasteiger partial charge >= 0.3 is 0 Å². The summed E-state index contributed by atoms with van der Waals surface area (Å²) in [6, 6.07) is 21.1. The lowest BCUT2D eigenvalue weighted by Crippen LogP contribution is -2.36. The Morgan fingerprint density at radius 2 is 1.64 bits per heavy atom. The highest BCUT2D eigenvalue weighted by Gasteiger charge is 2.24. The molecule has 0 bridgehead atoms. The third-order valence-corrected chi connectivity index (χ3v) is 7.07. The van der Waals surface area contributed by atoms with Crippen molar-refractivity contribution in [3.05, 3.63) is 83.4 Å². The molecule has 0 aromatic heterocycles. The van der Waals surface area contributed by atoms with Crippen molar-refractivity contribution in [3.8, 4) is 11.5 Å². The van der Waals surface area contributed by atoms with Crippen LogP contribution < -0.4 is 25.0 Å². The summed E-state index contributed by atoms with van der Waals surface area (Å²) >= 11 is 0. The minimum absolute atomic E-state index is 0.202. The highest BCUT2D eigenvalue weighted by molar-refractivity contribution is 6.08. The molecule has 1 heterocycles. The average Bonchev–Trinajstić information content (AvgIpc) is 2.97. The first-order valence-corrected chi connectivity index (χ1v) is 13.3. The van der Waals surface area contributed by atoms with Gasteiger partial charge in [0, 0.05) is 44.2 Å². The van der Waals surface area contributed by atoms with E-state index in [1.54, 1.807) is 38.5 Å². The van der Waals surface area contributed by atoms with Crippen molar-refractivity contribution in [2.45, 2.75) is 19.3 Å². The van der Waals surface area contributed by atoms with Gasteiger partial charge in [-0.05, 0) is 61.1 Å². The van der Waals surface area contributed by atoms with Crippen LogP contribution in [0.5, 0.6) is 11.5 Å². The van der Waals surface area contributed by atoms with Crippen LogP contribution in [0.25, 0.3) is 0 Å². The smallest absolute Gasteiger partial charge is 0.259 e. The molecule has 0 radical (unpaired) electrons. The Morgan fingerprint density at radius 3 is 2.33 bits per heavy atom. The van der Waals surface area contributed by atoms with Crippen LogP contribution in [0.3, 0.4) is 0 Å². The Morgan fingerprint density at radius 1 is 0.872 bits per heavy atom. The number of rotatable bonds is 11. The van der Waals surface area contributed by atoms with Crippen molar-refractivity contribution in [3.63, 3.8) is 0 Å². The van der Waals surface area contributed by atoms with Gasteiger partial charge in [-0.1, -0.05) is 30.3 Å². The molecule has 1 aliphatic heterocycles. The number of benzene rings is 3. The summed E-state index contributed by atoms with van der Waals surface area (Å²) in [6.07, 6.45) is 3.17. The highest BCUT2D eigenvalue weighted by atomic mass is 16.5. The van der Waals surface area contributed by atoms with E-state index in [1.165, 1.54) is 12.7 Å². The number of hydrogen-bond donors (Lipinski definition) is 2. The molecule has 39 heavy (non-hydrogen) atoms. The lowest BCUT2D eigenvalue weighted by atomic mass is 9.89. The third-order valence-electron chi connectivity index (χ3n) is 7.07. The summed E-state index contributed by atoms with van der Waals surface area (Å²) in [5.41, 5.74) is 3.64. The van der Waals surface area contributed by atoms with Gasteiger partial charge in [0.2, 0.25) is 0 Å². The molecule has 1 aliphatic rings. The van der Waals surface area contributed by atoms with Gasteiger partial charge in [-0.2, -0.15) is 0 Å². The fraction of sp³-hybridized carbons (Fsp3) is 0.355. The molecule has 0 saturated carbocycles.